The Balaban J connectivity index is 1.87. The summed E-state index contributed by atoms with van der Waals surface area (Å²) in [7, 11) is 0. The van der Waals surface area contributed by atoms with Crippen LogP contribution in [-0.2, 0) is 27.8 Å². The second kappa shape index (κ2) is 5.82. The first kappa shape index (κ1) is 18.0. The summed E-state index contributed by atoms with van der Waals surface area (Å²) in [5.74, 6) is -1.66. The molecule has 2 N–H and O–H groups in total. The summed E-state index contributed by atoms with van der Waals surface area (Å²) in [6.45, 7) is 1.18. The first-order valence-corrected chi connectivity index (χ1v) is 8.36. The SMILES string of the molecule is Cc1ccc2c(c1)[C@]1(C(=O)NC(=O)N1Cc1ccccc1C(F)(F)F)C(=O)N2. The zero-order valence-corrected chi connectivity index (χ0v) is 14.6. The zero-order chi connectivity index (χ0) is 20.3. The fourth-order valence-electron chi connectivity index (χ4n) is 3.72. The van der Waals surface area contributed by atoms with E-state index in [2.05, 4.69) is 10.6 Å². The Morgan fingerprint density at radius 3 is 2.39 bits per heavy atom. The highest BCUT2D eigenvalue weighted by atomic mass is 19.4. The molecule has 1 saturated heterocycles. The van der Waals surface area contributed by atoms with E-state index in [1.807, 2.05) is 0 Å². The number of benzene rings is 2. The van der Waals surface area contributed by atoms with E-state index in [0.717, 1.165) is 16.5 Å². The lowest BCUT2D eigenvalue weighted by Gasteiger charge is -2.30. The number of fused-ring (bicyclic) bond motifs is 2. The molecule has 9 heteroatoms. The van der Waals surface area contributed by atoms with Crippen LogP contribution in [0.15, 0.2) is 42.5 Å². The molecule has 0 bridgehead atoms. The minimum Gasteiger partial charge on any atom is -0.323 e. The van der Waals surface area contributed by atoms with E-state index in [-0.39, 0.29) is 11.1 Å². The van der Waals surface area contributed by atoms with Gasteiger partial charge in [-0.1, -0.05) is 35.9 Å². The highest BCUT2D eigenvalue weighted by Crippen LogP contribution is 2.45. The molecule has 2 aliphatic heterocycles. The fraction of sp³-hybridized carbons (Fsp3) is 0.211. The van der Waals surface area contributed by atoms with Gasteiger partial charge in [-0.25, -0.2) is 4.79 Å². The molecule has 0 saturated carbocycles. The number of hydrogen-bond acceptors (Lipinski definition) is 3. The van der Waals surface area contributed by atoms with Crippen molar-refractivity contribution in [3.8, 4) is 0 Å². The van der Waals surface area contributed by atoms with Gasteiger partial charge in [0.1, 0.15) is 0 Å². The van der Waals surface area contributed by atoms with Crippen molar-refractivity contribution in [2.75, 3.05) is 5.32 Å². The van der Waals surface area contributed by atoms with E-state index in [9.17, 15) is 27.6 Å². The van der Waals surface area contributed by atoms with Crippen LogP contribution in [0.4, 0.5) is 23.7 Å². The number of nitrogens with one attached hydrogen (secondary N) is 2. The Bertz CT molecular complexity index is 1030. The van der Waals surface area contributed by atoms with Crippen LogP contribution in [-0.4, -0.2) is 22.7 Å². The minimum absolute atomic E-state index is 0.215. The van der Waals surface area contributed by atoms with Gasteiger partial charge in [-0.3, -0.25) is 19.8 Å². The Labute approximate surface area is 157 Å². The Morgan fingerprint density at radius 1 is 1.00 bits per heavy atom. The Kier molecular flexibility index (Phi) is 3.74. The monoisotopic (exact) mass is 389 g/mol. The van der Waals surface area contributed by atoms with Crippen molar-refractivity contribution < 1.29 is 27.6 Å². The summed E-state index contributed by atoms with van der Waals surface area (Å²) in [4.78, 5) is 38.9. The van der Waals surface area contributed by atoms with Crippen molar-refractivity contribution >= 4 is 23.5 Å². The number of anilines is 1. The van der Waals surface area contributed by atoms with Gasteiger partial charge in [-0.05, 0) is 24.6 Å². The van der Waals surface area contributed by atoms with Crippen molar-refractivity contribution in [2.24, 2.45) is 0 Å². The number of imide groups is 1. The summed E-state index contributed by atoms with van der Waals surface area (Å²) < 4.78 is 40.1. The lowest BCUT2D eigenvalue weighted by molar-refractivity contribution is -0.138. The standard InChI is InChI=1S/C19H14F3N3O3/c1-10-6-7-14-13(8-10)18(15(26)23-14)16(27)24-17(28)25(18)9-11-4-2-3-5-12(11)19(20,21)22/h2-8H,9H2,1H3,(H,23,26)(H,24,27,28)/t18-/m1/s1. The van der Waals surface area contributed by atoms with E-state index >= 15 is 0 Å². The van der Waals surface area contributed by atoms with Crippen LogP contribution in [0.5, 0.6) is 0 Å². The number of alkyl halides is 3. The lowest BCUT2D eigenvalue weighted by atomic mass is 9.88. The number of carbonyl (C=O) groups is 3. The van der Waals surface area contributed by atoms with Crippen LogP contribution in [0.25, 0.3) is 0 Å². The van der Waals surface area contributed by atoms with Crippen LogP contribution in [0.1, 0.15) is 22.3 Å². The van der Waals surface area contributed by atoms with Gasteiger partial charge in [0, 0.05) is 17.8 Å². The van der Waals surface area contributed by atoms with Gasteiger partial charge in [0.05, 0.1) is 5.56 Å². The van der Waals surface area contributed by atoms with Crippen LogP contribution in [0.2, 0.25) is 0 Å². The molecule has 0 aromatic heterocycles. The van der Waals surface area contributed by atoms with Gasteiger partial charge in [0.25, 0.3) is 11.8 Å². The number of carbonyl (C=O) groups excluding carboxylic acids is 3. The summed E-state index contributed by atoms with van der Waals surface area (Å²) in [5, 5.41) is 4.63. The van der Waals surface area contributed by atoms with Crippen molar-refractivity contribution in [1.82, 2.24) is 10.2 Å². The number of urea groups is 1. The maximum atomic E-state index is 13.4. The molecule has 2 aromatic rings. The molecule has 1 fully saturated rings. The van der Waals surface area contributed by atoms with E-state index in [0.29, 0.717) is 5.69 Å². The summed E-state index contributed by atoms with van der Waals surface area (Å²) in [6.07, 6.45) is -4.64. The van der Waals surface area contributed by atoms with Gasteiger partial charge in [-0.2, -0.15) is 13.2 Å². The molecule has 144 valence electrons. The molecular formula is C19H14F3N3O3. The summed E-state index contributed by atoms with van der Waals surface area (Å²) >= 11 is 0. The number of halogens is 3. The van der Waals surface area contributed by atoms with Crippen LogP contribution >= 0.6 is 0 Å². The third kappa shape index (κ3) is 2.39. The molecule has 6 nitrogen and oxygen atoms in total. The quantitative estimate of drug-likeness (QED) is 0.612. The second-order valence-electron chi connectivity index (χ2n) is 6.71. The maximum absolute atomic E-state index is 13.4. The van der Waals surface area contributed by atoms with Crippen molar-refractivity contribution in [3.05, 3.63) is 64.7 Å². The molecule has 0 radical (unpaired) electrons. The van der Waals surface area contributed by atoms with E-state index < -0.39 is 41.7 Å². The zero-order valence-electron chi connectivity index (χ0n) is 14.6. The largest absolute Gasteiger partial charge is 0.416 e. The molecule has 28 heavy (non-hydrogen) atoms. The number of nitrogens with zero attached hydrogens (tertiary/aromatic N) is 1. The highest BCUT2D eigenvalue weighted by Gasteiger charge is 2.63. The first-order chi connectivity index (χ1) is 13.2. The van der Waals surface area contributed by atoms with Gasteiger partial charge in [0.15, 0.2) is 0 Å². The molecule has 4 rings (SSSR count). The molecule has 0 aliphatic carbocycles. The summed E-state index contributed by atoms with van der Waals surface area (Å²) in [6, 6.07) is 8.71. The number of aryl methyl sites for hydroxylation is 1. The number of amides is 4. The van der Waals surface area contributed by atoms with E-state index in [4.69, 9.17) is 0 Å². The van der Waals surface area contributed by atoms with Crippen molar-refractivity contribution in [3.63, 3.8) is 0 Å². The Hall–Kier alpha value is -3.36. The molecular weight excluding hydrogens is 375 g/mol. The molecule has 2 aromatic carbocycles. The smallest absolute Gasteiger partial charge is 0.323 e. The molecule has 1 atom stereocenters. The maximum Gasteiger partial charge on any atom is 0.416 e. The van der Waals surface area contributed by atoms with Gasteiger partial charge in [0.2, 0.25) is 5.54 Å². The predicted octanol–water partition coefficient (Wildman–Crippen LogP) is 2.91. The average Bonchev–Trinajstić information content (AvgIpc) is 3.04. The first-order valence-electron chi connectivity index (χ1n) is 8.36. The van der Waals surface area contributed by atoms with Gasteiger partial charge >= 0.3 is 12.2 Å². The number of rotatable bonds is 2. The van der Waals surface area contributed by atoms with Gasteiger partial charge < -0.3 is 5.32 Å². The van der Waals surface area contributed by atoms with Gasteiger partial charge in [-0.15, -0.1) is 0 Å². The molecule has 4 amide bonds. The number of hydrogen-bond donors (Lipinski definition) is 2. The van der Waals surface area contributed by atoms with Crippen molar-refractivity contribution in [2.45, 2.75) is 25.2 Å². The second-order valence-corrected chi connectivity index (χ2v) is 6.71. The topological polar surface area (TPSA) is 78.5 Å². The predicted molar refractivity (Wildman–Crippen MR) is 92.0 cm³/mol. The molecule has 1 spiro atoms. The third-order valence-electron chi connectivity index (χ3n) is 4.99. The fourth-order valence-corrected chi connectivity index (χ4v) is 3.72. The highest BCUT2D eigenvalue weighted by molar-refractivity contribution is 6.26. The average molecular weight is 389 g/mol. The van der Waals surface area contributed by atoms with E-state index in [1.165, 1.54) is 18.2 Å². The van der Waals surface area contributed by atoms with E-state index in [1.54, 1.807) is 25.1 Å². The van der Waals surface area contributed by atoms with Crippen LogP contribution in [0.3, 0.4) is 0 Å². The Morgan fingerprint density at radius 2 is 1.68 bits per heavy atom. The molecule has 2 heterocycles. The lowest BCUT2D eigenvalue weighted by Crippen LogP contribution is -2.51. The summed E-state index contributed by atoms with van der Waals surface area (Å²) in [5.41, 5.74) is -1.87. The molecule has 0 unspecified atom stereocenters. The third-order valence-corrected chi connectivity index (χ3v) is 4.99. The molecule has 2 aliphatic rings. The minimum atomic E-state index is -4.64. The normalized spacial score (nSPS) is 21.1. The van der Waals surface area contributed by atoms with Crippen molar-refractivity contribution in [1.29, 1.82) is 0 Å². The van der Waals surface area contributed by atoms with Crippen LogP contribution in [0, 0.1) is 6.92 Å². The van der Waals surface area contributed by atoms with Crippen LogP contribution < -0.4 is 10.6 Å².